The molecule has 1 saturated heterocycles. The van der Waals surface area contributed by atoms with E-state index in [1.165, 1.54) is 37.0 Å². The Balaban J connectivity index is 1.44. The van der Waals surface area contributed by atoms with Gasteiger partial charge in [0, 0.05) is 17.8 Å². The van der Waals surface area contributed by atoms with Crippen LogP contribution < -0.4 is 10.0 Å². The highest BCUT2D eigenvalue weighted by Gasteiger charge is 2.55. The van der Waals surface area contributed by atoms with Gasteiger partial charge in [-0.1, -0.05) is 48.9 Å². The number of carboxylic acid groups (broad SMARTS) is 1. The van der Waals surface area contributed by atoms with Crippen LogP contribution in [-0.2, 0) is 5.54 Å². The van der Waals surface area contributed by atoms with Crippen LogP contribution in [0, 0.1) is 5.92 Å². The highest BCUT2D eigenvalue weighted by Crippen LogP contribution is 2.50. The molecular weight excluding hydrogens is 426 g/mol. The summed E-state index contributed by atoms with van der Waals surface area (Å²) in [5, 5.41) is 11.2. The third-order valence-corrected chi connectivity index (χ3v) is 8.74. The van der Waals surface area contributed by atoms with Gasteiger partial charge < -0.3 is 14.8 Å². The molecule has 180 valence electrons. The van der Waals surface area contributed by atoms with E-state index in [2.05, 4.69) is 54.2 Å². The molecule has 0 atom stereocenters. The number of amides is 2. The zero-order valence-corrected chi connectivity index (χ0v) is 20.2. The minimum atomic E-state index is -1.20. The molecule has 0 aromatic heterocycles. The fourth-order valence-electron chi connectivity index (χ4n) is 6.28. The lowest BCUT2D eigenvalue weighted by atomic mass is 9.68. The number of urea groups is 1. The van der Waals surface area contributed by atoms with Crippen molar-refractivity contribution in [1.29, 1.82) is 0 Å². The first kappa shape index (κ1) is 22.9. The molecule has 2 aliphatic carbocycles. The standard InChI is InChI=1S/C28H35N3O3/c1-29(2)28(23-9-4-3-5-10-23)17-15-27(16-18-28)20-30(24-13-11-22(12-14-24)25(32)33)26(34)31(27)19-21-7-6-8-21/h3-5,9-14,21H,6-8,15-20H2,1-2H3,(H,32,33)/p-1. The summed E-state index contributed by atoms with van der Waals surface area (Å²) in [6.07, 6.45) is 7.55. The van der Waals surface area contributed by atoms with Crippen LogP contribution in [0.1, 0.15) is 60.9 Å². The number of anilines is 1. The minimum Gasteiger partial charge on any atom is -0.545 e. The summed E-state index contributed by atoms with van der Waals surface area (Å²) in [5.41, 5.74) is 2.03. The molecule has 5 rings (SSSR count). The first-order valence-electron chi connectivity index (χ1n) is 12.5. The maximum atomic E-state index is 13.8. The van der Waals surface area contributed by atoms with Crippen molar-refractivity contribution in [2.24, 2.45) is 5.92 Å². The van der Waals surface area contributed by atoms with Crippen LogP contribution in [0.4, 0.5) is 10.5 Å². The fraction of sp³-hybridized carbons (Fsp3) is 0.500. The number of rotatable bonds is 6. The lowest BCUT2D eigenvalue weighted by molar-refractivity contribution is -0.255. The Morgan fingerprint density at radius 2 is 1.65 bits per heavy atom. The Hall–Kier alpha value is -2.86. The van der Waals surface area contributed by atoms with Crippen molar-refractivity contribution >= 4 is 17.7 Å². The van der Waals surface area contributed by atoms with Crippen LogP contribution in [0.3, 0.4) is 0 Å². The van der Waals surface area contributed by atoms with E-state index in [-0.39, 0.29) is 22.7 Å². The van der Waals surface area contributed by atoms with Crippen molar-refractivity contribution in [3.05, 3.63) is 65.7 Å². The second kappa shape index (κ2) is 8.73. The van der Waals surface area contributed by atoms with E-state index in [1.807, 2.05) is 4.90 Å². The third kappa shape index (κ3) is 3.78. The molecule has 3 fully saturated rings. The molecule has 1 spiro atoms. The van der Waals surface area contributed by atoms with Crippen molar-refractivity contribution in [2.75, 3.05) is 32.1 Å². The molecule has 1 aliphatic heterocycles. The first-order chi connectivity index (χ1) is 16.3. The van der Waals surface area contributed by atoms with Gasteiger partial charge in [-0.25, -0.2) is 4.79 Å². The molecule has 2 aromatic carbocycles. The van der Waals surface area contributed by atoms with Gasteiger partial charge in [0.25, 0.3) is 0 Å². The summed E-state index contributed by atoms with van der Waals surface area (Å²) in [6.45, 7) is 1.48. The van der Waals surface area contributed by atoms with Gasteiger partial charge in [0.15, 0.2) is 0 Å². The molecule has 0 bridgehead atoms. The molecular formula is C28H34N3O3-. The summed E-state index contributed by atoms with van der Waals surface area (Å²) < 4.78 is 0. The Morgan fingerprint density at radius 1 is 1.00 bits per heavy atom. The summed E-state index contributed by atoms with van der Waals surface area (Å²) in [7, 11) is 4.34. The number of hydrogen-bond donors (Lipinski definition) is 0. The third-order valence-electron chi connectivity index (χ3n) is 8.74. The minimum absolute atomic E-state index is 0.0265. The van der Waals surface area contributed by atoms with Gasteiger partial charge >= 0.3 is 6.03 Å². The molecule has 1 heterocycles. The SMILES string of the molecule is CN(C)C1(c2ccccc2)CCC2(CC1)CN(c1ccc(C(=O)[O-])cc1)C(=O)N2CC1CCC1. The summed E-state index contributed by atoms with van der Waals surface area (Å²) >= 11 is 0. The predicted octanol–water partition coefficient (Wildman–Crippen LogP) is 3.86. The van der Waals surface area contributed by atoms with Crippen LogP contribution in [0.2, 0.25) is 0 Å². The lowest BCUT2D eigenvalue weighted by Crippen LogP contribution is -2.56. The van der Waals surface area contributed by atoms with Crippen molar-refractivity contribution < 1.29 is 14.7 Å². The number of carbonyl (C=O) groups excluding carboxylic acids is 2. The molecule has 2 aromatic rings. The van der Waals surface area contributed by atoms with Gasteiger partial charge in [-0.2, -0.15) is 0 Å². The number of benzene rings is 2. The second-order valence-electron chi connectivity index (χ2n) is 10.6. The van der Waals surface area contributed by atoms with E-state index in [4.69, 9.17) is 0 Å². The fourth-order valence-corrected chi connectivity index (χ4v) is 6.28. The van der Waals surface area contributed by atoms with E-state index in [0.29, 0.717) is 12.5 Å². The van der Waals surface area contributed by atoms with Gasteiger partial charge in [0.1, 0.15) is 0 Å². The van der Waals surface area contributed by atoms with E-state index >= 15 is 0 Å². The zero-order chi connectivity index (χ0) is 23.9. The number of carbonyl (C=O) groups is 2. The van der Waals surface area contributed by atoms with Gasteiger partial charge in [-0.3, -0.25) is 9.80 Å². The molecule has 0 unspecified atom stereocenters. The highest BCUT2D eigenvalue weighted by atomic mass is 16.4. The maximum absolute atomic E-state index is 13.8. The Labute approximate surface area is 202 Å². The molecule has 6 heteroatoms. The molecule has 3 aliphatic rings. The van der Waals surface area contributed by atoms with Gasteiger partial charge in [0.05, 0.1) is 18.1 Å². The normalized spacial score (nSPS) is 27.4. The molecule has 6 nitrogen and oxygen atoms in total. The number of nitrogens with zero attached hydrogens (tertiary/aromatic N) is 3. The second-order valence-corrected chi connectivity index (χ2v) is 10.6. The molecule has 0 radical (unpaired) electrons. The van der Waals surface area contributed by atoms with Gasteiger partial charge in [0.2, 0.25) is 0 Å². The van der Waals surface area contributed by atoms with Gasteiger partial charge in [-0.05, 0) is 81.8 Å². The zero-order valence-electron chi connectivity index (χ0n) is 20.2. The van der Waals surface area contributed by atoms with Crippen molar-refractivity contribution in [1.82, 2.24) is 9.80 Å². The predicted molar refractivity (Wildman–Crippen MR) is 131 cm³/mol. The lowest BCUT2D eigenvalue weighted by Gasteiger charge is -2.51. The van der Waals surface area contributed by atoms with Crippen LogP contribution in [0.5, 0.6) is 0 Å². The van der Waals surface area contributed by atoms with E-state index in [9.17, 15) is 14.7 Å². The van der Waals surface area contributed by atoms with E-state index in [1.54, 1.807) is 12.1 Å². The molecule has 34 heavy (non-hydrogen) atoms. The quantitative estimate of drug-likeness (QED) is 0.657. The Bertz CT molecular complexity index is 1040. The maximum Gasteiger partial charge on any atom is 0.325 e. The topological polar surface area (TPSA) is 66.9 Å². The van der Waals surface area contributed by atoms with Crippen LogP contribution in [0.15, 0.2) is 54.6 Å². The molecule has 2 saturated carbocycles. The van der Waals surface area contributed by atoms with Crippen molar-refractivity contribution in [3.63, 3.8) is 0 Å². The van der Waals surface area contributed by atoms with Crippen LogP contribution >= 0.6 is 0 Å². The van der Waals surface area contributed by atoms with Crippen LogP contribution in [-0.4, -0.2) is 54.5 Å². The number of carboxylic acids is 1. The monoisotopic (exact) mass is 460 g/mol. The van der Waals surface area contributed by atoms with Gasteiger partial charge in [-0.15, -0.1) is 0 Å². The largest absolute Gasteiger partial charge is 0.545 e. The molecule has 0 N–H and O–H groups in total. The Kier molecular flexibility index (Phi) is 5.88. The average Bonchev–Trinajstić information content (AvgIpc) is 3.08. The summed E-state index contributed by atoms with van der Waals surface area (Å²) in [6, 6.07) is 17.4. The van der Waals surface area contributed by atoms with E-state index in [0.717, 1.165) is 37.9 Å². The molecule has 2 amide bonds. The van der Waals surface area contributed by atoms with E-state index < -0.39 is 5.97 Å². The van der Waals surface area contributed by atoms with Crippen molar-refractivity contribution in [3.8, 4) is 0 Å². The Morgan fingerprint density at radius 3 is 2.18 bits per heavy atom. The van der Waals surface area contributed by atoms with Crippen LogP contribution in [0.25, 0.3) is 0 Å². The summed E-state index contributed by atoms with van der Waals surface area (Å²) in [5.74, 6) is -0.605. The average molecular weight is 461 g/mol. The first-order valence-corrected chi connectivity index (χ1v) is 12.5. The number of aromatic carboxylic acids is 1. The number of hydrogen-bond acceptors (Lipinski definition) is 4. The summed E-state index contributed by atoms with van der Waals surface area (Å²) in [4.78, 5) is 31.3. The van der Waals surface area contributed by atoms with Crippen molar-refractivity contribution in [2.45, 2.75) is 56.0 Å². The smallest absolute Gasteiger partial charge is 0.325 e. The highest BCUT2D eigenvalue weighted by molar-refractivity contribution is 5.96.